The first-order valence-electron chi connectivity index (χ1n) is 11.5. The number of rotatable bonds is 12. The van der Waals surface area contributed by atoms with Crippen molar-refractivity contribution in [1.82, 2.24) is 10.6 Å². The Hall–Kier alpha value is -2.41. The second-order valence-corrected chi connectivity index (χ2v) is 9.21. The highest BCUT2D eigenvalue weighted by Crippen LogP contribution is 2.54. The molecule has 2 aliphatic rings. The van der Waals surface area contributed by atoms with Crippen LogP contribution in [0.1, 0.15) is 75.9 Å². The number of amides is 3. The van der Waals surface area contributed by atoms with E-state index in [1.807, 2.05) is 30.3 Å². The van der Waals surface area contributed by atoms with Gasteiger partial charge in [-0.25, -0.2) is 0 Å². The van der Waals surface area contributed by atoms with Crippen molar-refractivity contribution in [3.05, 3.63) is 35.9 Å². The predicted molar refractivity (Wildman–Crippen MR) is 118 cm³/mol. The molecule has 3 rings (SSSR count). The van der Waals surface area contributed by atoms with Crippen LogP contribution in [-0.4, -0.2) is 35.4 Å². The molecule has 0 saturated heterocycles. The Bertz CT molecular complexity index is 757. The van der Waals surface area contributed by atoms with Gasteiger partial charge in [-0.3, -0.25) is 14.4 Å². The molecular weight excluding hydrogens is 394 g/mol. The van der Waals surface area contributed by atoms with Crippen LogP contribution in [0.25, 0.3) is 0 Å². The second-order valence-electron chi connectivity index (χ2n) is 9.21. The van der Waals surface area contributed by atoms with Gasteiger partial charge in [0, 0.05) is 24.8 Å². The van der Waals surface area contributed by atoms with Crippen molar-refractivity contribution in [2.75, 3.05) is 6.54 Å². The summed E-state index contributed by atoms with van der Waals surface area (Å²) in [6, 6.07) is 8.63. The lowest BCUT2D eigenvalue weighted by Crippen LogP contribution is -2.48. The largest absolute Gasteiger partial charge is 0.388 e. The highest BCUT2D eigenvalue weighted by Gasteiger charge is 2.49. The number of hydrogen-bond donors (Lipinski definition) is 4. The Balaban J connectivity index is 1.52. The Morgan fingerprint density at radius 2 is 1.77 bits per heavy atom. The quantitative estimate of drug-likeness (QED) is 0.407. The normalized spacial score (nSPS) is 19.4. The summed E-state index contributed by atoms with van der Waals surface area (Å²) in [5.41, 5.74) is 5.71. The third kappa shape index (κ3) is 6.79. The van der Waals surface area contributed by atoms with E-state index < -0.39 is 18.1 Å². The maximum Gasteiger partial charge on any atom is 0.242 e. The van der Waals surface area contributed by atoms with Gasteiger partial charge in [-0.2, -0.15) is 0 Å². The van der Waals surface area contributed by atoms with E-state index in [-0.39, 0.29) is 30.1 Å². The van der Waals surface area contributed by atoms with Crippen LogP contribution in [0, 0.1) is 11.3 Å². The van der Waals surface area contributed by atoms with Gasteiger partial charge in [0.15, 0.2) is 0 Å². The zero-order valence-corrected chi connectivity index (χ0v) is 18.1. The van der Waals surface area contributed by atoms with Gasteiger partial charge in [-0.15, -0.1) is 0 Å². The molecule has 0 unspecified atom stereocenters. The standard InChI is InChI=1S/C24H35N3O4/c25-20(28)12-11-19(27-21(29)13-10-17-6-4-5-7-17)23(31)26-16-24(14-15-24)22(30)18-8-2-1-3-9-18/h1-3,8-9,17,19,22,30H,4-7,10-16H2,(H2,25,28)(H,26,31)(H,27,29)/t19-,22+/m1/s1. The molecule has 0 heterocycles. The smallest absolute Gasteiger partial charge is 0.242 e. The molecule has 7 nitrogen and oxygen atoms in total. The third-order valence-corrected chi connectivity index (χ3v) is 6.79. The maximum absolute atomic E-state index is 12.8. The molecule has 0 bridgehead atoms. The minimum Gasteiger partial charge on any atom is -0.388 e. The van der Waals surface area contributed by atoms with E-state index in [1.54, 1.807) is 0 Å². The average Bonchev–Trinajstić information content (AvgIpc) is 3.38. The van der Waals surface area contributed by atoms with Crippen LogP contribution >= 0.6 is 0 Å². The van der Waals surface area contributed by atoms with Gasteiger partial charge in [0.2, 0.25) is 17.7 Å². The number of nitrogens with two attached hydrogens (primary N) is 1. The molecule has 2 fully saturated rings. The molecule has 0 radical (unpaired) electrons. The van der Waals surface area contributed by atoms with Crippen LogP contribution in [0.4, 0.5) is 0 Å². The van der Waals surface area contributed by atoms with Crippen LogP contribution in [0.2, 0.25) is 0 Å². The Kier molecular flexibility index (Phi) is 8.07. The number of nitrogens with one attached hydrogen (secondary N) is 2. The number of benzene rings is 1. The number of aliphatic hydroxyl groups excluding tert-OH is 1. The fraction of sp³-hybridized carbons (Fsp3) is 0.625. The molecular formula is C24H35N3O4. The van der Waals surface area contributed by atoms with Crippen molar-refractivity contribution in [2.45, 2.75) is 76.4 Å². The Labute approximate surface area is 184 Å². The van der Waals surface area contributed by atoms with Crippen LogP contribution in [0.15, 0.2) is 30.3 Å². The first-order chi connectivity index (χ1) is 14.9. The molecule has 2 saturated carbocycles. The number of hydrogen-bond acceptors (Lipinski definition) is 4. The molecule has 0 aromatic heterocycles. The molecule has 1 aromatic rings. The topological polar surface area (TPSA) is 122 Å². The molecule has 2 aliphatic carbocycles. The number of primary amides is 1. The first-order valence-corrected chi connectivity index (χ1v) is 11.5. The number of aliphatic hydroxyl groups is 1. The van der Waals surface area contributed by atoms with E-state index in [4.69, 9.17) is 5.73 Å². The van der Waals surface area contributed by atoms with Crippen LogP contribution in [0.3, 0.4) is 0 Å². The van der Waals surface area contributed by atoms with Gasteiger partial charge < -0.3 is 21.5 Å². The number of carbonyl (C=O) groups excluding carboxylic acids is 3. The second kappa shape index (κ2) is 10.8. The maximum atomic E-state index is 12.8. The summed E-state index contributed by atoms with van der Waals surface area (Å²) in [6.07, 6.45) is 7.22. The molecule has 0 spiro atoms. The van der Waals surface area contributed by atoms with E-state index in [0.717, 1.165) is 24.8 Å². The summed E-state index contributed by atoms with van der Waals surface area (Å²) in [6.45, 7) is 0.326. The summed E-state index contributed by atoms with van der Waals surface area (Å²) in [5, 5.41) is 16.5. The van der Waals surface area contributed by atoms with Crippen LogP contribution < -0.4 is 16.4 Å². The van der Waals surface area contributed by atoms with Gasteiger partial charge in [0.05, 0.1) is 6.10 Å². The molecule has 3 amide bonds. The van der Waals surface area contributed by atoms with E-state index in [9.17, 15) is 19.5 Å². The monoisotopic (exact) mass is 429 g/mol. The zero-order valence-electron chi connectivity index (χ0n) is 18.1. The van der Waals surface area contributed by atoms with Crippen molar-refractivity contribution in [3.8, 4) is 0 Å². The fourth-order valence-electron chi connectivity index (χ4n) is 4.54. The van der Waals surface area contributed by atoms with Crippen LogP contribution in [-0.2, 0) is 14.4 Å². The lowest BCUT2D eigenvalue weighted by molar-refractivity contribution is -0.130. The minimum absolute atomic E-state index is 0.0266. The molecule has 5 N–H and O–H groups in total. The molecule has 7 heteroatoms. The Morgan fingerprint density at radius 3 is 2.39 bits per heavy atom. The molecule has 0 aliphatic heterocycles. The minimum atomic E-state index is -0.798. The Morgan fingerprint density at radius 1 is 1.10 bits per heavy atom. The first kappa shape index (κ1) is 23.3. The van der Waals surface area contributed by atoms with E-state index in [1.165, 1.54) is 25.7 Å². The van der Waals surface area contributed by atoms with Crippen molar-refractivity contribution < 1.29 is 19.5 Å². The molecule has 170 valence electrons. The van der Waals surface area contributed by atoms with E-state index >= 15 is 0 Å². The van der Waals surface area contributed by atoms with Crippen molar-refractivity contribution >= 4 is 17.7 Å². The van der Waals surface area contributed by atoms with E-state index in [0.29, 0.717) is 18.9 Å². The third-order valence-electron chi connectivity index (χ3n) is 6.79. The highest BCUT2D eigenvalue weighted by molar-refractivity contribution is 5.88. The molecule has 1 aromatic carbocycles. The average molecular weight is 430 g/mol. The summed E-state index contributed by atoms with van der Waals surface area (Å²) in [5.74, 6) is -0.405. The number of carbonyl (C=O) groups is 3. The van der Waals surface area contributed by atoms with Crippen molar-refractivity contribution in [3.63, 3.8) is 0 Å². The van der Waals surface area contributed by atoms with E-state index in [2.05, 4.69) is 10.6 Å². The summed E-state index contributed by atoms with van der Waals surface area (Å²) < 4.78 is 0. The van der Waals surface area contributed by atoms with Crippen molar-refractivity contribution in [1.29, 1.82) is 0 Å². The predicted octanol–water partition coefficient (Wildman–Crippen LogP) is 2.34. The lowest BCUT2D eigenvalue weighted by Gasteiger charge is -2.25. The molecule has 31 heavy (non-hydrogen) atoms. The summed E-state index contributed by atoms with van der Waals surface area (Å²) >= 11 is 0. The van der Waals surface area contributed by atoms with Gasteiger partial charge in [-0.05, 0) is 37.2 Å². The fourth-order valence-corrected chi connectivity index (χ4v) is 4.54. The summed E-state index contributed by atoms with van der Waals surface area (Å²) in [7, 11) is 0. The van der Waals surface area contributed by atoms with Gasteiger partial charge >= 0.3 is 0 Å². The highest BCUT2D eigenvalue weighted by atomic mass is 16.3. The summed E-state index contributed by atoms with van der Waals surface area (Å²) in [4.78, 5) is 36.5. The molecule has 2 atom stereocenters. The van der Waals surface area contributed by atoms with Crippen molar-refractivity contribution in [2.24, 2.45) is 17.1 Å². The van der Waals surface area contributed by atoms with Gasteiger partial charge in [0.1, 0.15) is 6.04 Å². The SMILES string of the molecule is NC(=O)CC[C@@H](NC(=O)CCC1CCCC1)C(=O)NCC1([C@@H](O)c2ccccc2)CC1. The van der Waals surface area contributed by atoms with Gasteiger partial charge in [0.25, 0.3) is 0 Å². The lowest BCUT2D eigenvalue weighted by atomic mass is 9.92. The van der Waals surface area contributed by atoms with Gasteiger partial charge in [-0.1, -0.05) is 56.0 Å². The van der Waals surface area contributed by atoms with Crippen LogP contribution in [0.5, 0.6) is 0 Å². The zero-order chi connectivity index (χ0) is 22.3.